The molecule has 4 aromatic rings. The van der Waals surface area contributed by atoms with Gasteiger partial charge in [0.15, 0.2) is 18.4 Å². The molecule has 0 aliphatic carbocycles. The highest BCUT2D eigenvalue weighted by Crippen LogP contribution is 2.41. The lowest BCUT2D eigenvalue weighted by atomic mass is 9.88. The minimum Gasteiger partial charge on any atom is -0.387 e. The van der Waals surface area contributed by atoms with E-state index in [1.807, 2.05) is 121 Å². The molecular weight excluding hydrogens is 720 g/mol. The third-order valence-electron chi connectivity index (χ3n) is 10.3. The van der Waals surface area contributed by atoms with Gasteiger partial charge in [0, 0.05) is 7.11 Å². The molecule has 12 nitrogen and oxygen atoms in total. The highest BCUT2D eigenvalue weighted by Gasteiger charge is 2.59. The summed E-state index contributed by atoms with van der Waals surface area (Å²) in [6.07, 6.45) is -13.9. The predicted octanol–water partition coefficient (Wildman–Crippen LogP) is 4.66. The summed E-state index contributed by atoms with van der Waals surface area (Å²) in [5, 5.41) is 35.8. The first-order chi connectivity index (χ1) is 27.2. The van der Waals surface area contributed by atoms with Crippen LogP contribution in [0.5, 0.6) is 0 Å². The maximum Gasteiger partial charge on any atom is 0.190 e. The minimum absolute atomic E-state index is 0.125. The highest BCUT2D eigenvalue weighted by atomic mass is 16.8. The number of rotatable bonds is 17. The van der Waals surface area contributed by atoms with Crippen LogP contribution >= 0.6 is 0 Å². The van der Waals surface area contributed by atoms with Crippen molar-refractivity contribution in [3.8, 4) is 0 Å². The number of aliphatic hydroxyl groups is 3. The average Bonchev–Trinajstić information content (AvgIpc) is 3.72. The van der Waals surface area contributed by atoms with E-state index in [1.165, 1.54) is 7.11 Å². The van der Waals surface area contributed by atoms with E-state index in [-0.39, 0.29) is 26.4 Å². The van der Waals surface area contributed by atoms with E-state index >= 15 is 0 Å². The molecule has 0 radical (unpaired) electrons. The van der Waals surface area contributed by atoms with E-state index in [2.05, 4.69) is 0 Å². The van der Waals surface area contributed by atoms with Gasteiger partial charge in [0.25, 0.3) is 0 Å². The molecule has 0 spiro atoms. The van der Waals surface area contributed by atoms with Gasteiger partial charge in [0.2, 0.25) is 0 Å². The van der Waals surface area contributed by atoms with Crippen LogP contribution in [0, 0.1) is 0 Å². The quantitative estimate of drug-likeness (QED) is 0.137. The monoisotopic (exact) mass is 772 g/mol. The molecule has 4 aromatic carbocycles. The fraction of sp³-hybridized carbons (Fsp3) is 0.455. The number of hydrogen-bond donors (Lipinski definition) is 3. The van der Waals surface area contributed by atoms with Gasteiger partial charge in [-0.1, -0.05) is 121 Å². The summed E-state index contributed by atoms with van der Waals surface area (Å²) in [5.41, 5.74) is 3.59. The van der Waals surface area contributed by atoms with Crippen LogP contribution in [0.25, 0.3) is 0 Å². The molecule has 3 N–H and O–H groups in total. The van der Waals surface area contributed by atoms with Crippen molar-refractivity contribution in [2.24, 2.45) is 0 Å². The molecule has 0 amide bonds. The van der Waals surface area contributed by atoms with E-state index in [1.54, 1.807) is 13.8 Å². The first-order valence-electron chi connectivity index (χ1n) is 19.1. The van der Waals surface area contributed by atoms with Crippen LogP contribution in [0.4, 0.5) is 0 Å². The Morgan fingerprint density at radius 3 is 1.36 bits per heavy atom. The summed E-state index contributed by atoms with van der Waals surface area (Å²) >= 11 is 0. The van der Waals surface area contributed by atoms with Gasteiger partial charge in [-0.2, -0.15) is 0 Å². The molecule has 3 fully saturated rings. The molecule has 0 saturated carbocycles. The van der Waals surface area contributed by atoms with Crippen molar-refractivity contribution < 1.29 is 58.0 Å². The summed E-state index contributed by atoms with van der Waals surface area (Å²) in [6, 6.07) is 38.4. The second-order valence-electron chi connectivity index (χ2n) is 14.8. The second-order valence-corrected chi connectivity index (χ2v) is 14.8. The molecule has 300 valence electrons. The summed E-state index contributed by atoms with van der Waals surface area (Å²) in [6.45, 7) is 4.24. The van der Waals surface area contributed by atoms with E-state index in [0.717, 1.165) is 22.3 Å². The van der Waals surface area contributed by atoms with Crippen molar-refractivity contribution in [1.82, 2.24) is 0 Å². The summed E-state index contributed by atoms with van der Waals surface area (Å²) in [5.74, 6) is -0.958. The van der Waals surface area contributed by atoms with E-state index in [4.69, 9.17) is 42.6 Å². The van der Waals surface area contributed by atoms with Crippen LogP contribution in [-0.4, -0.2) is 102 Å². The van der Waals surface area contributed by atoms with Gasteiger partial charge < -0.3 is 58.0 Å². The maximum atomic E-state index is 12.1. The number of benzene rings is 4. The van der Waals surface area contributed by atoms with Gasteiger partial charge in [-0.15, -0.1) is 0 Å². The zero-order valence-corrected chi connectivity index (χ0v) is 31.8. The number of fused-ring (bicyclic) bond motifs is 1. The Morgan fingerprint density at radius 2 is 0.911 bits per heavy atom. The molecule has 12 atom stereocenters. The zero-order chi connectivity index (χ0) is 39.1. The molecule has 12 heteroatoms. The predicted molar refractivity (Wildman–Crippen MR) is 202 cm³/mol. The summed E-state index contributed by atoms with van der Waals surface area (Å²) in [4.78, 5) is 0. The molecule has 0 unspecified atom stereocenters. The van der Waals surface area contributed by atoms with Crippen molar-refractivity contribution in [3.63, 3.8) is 0 Å². The normalized spacial score (nSPS) is 30.1. The number of ether oxygens (including phenoxy) is 9. The first-order valence-corrected chi connectivity index (χ1v) is 19.1. The van der Waals surface area contributed by atoms with Crippen LogP contribution < -0.4 is 0 Å². The molecule has 0 bridgehead atoms. The minimum atomic E-state index is -1.82. The standard InChI is InChI=1S/C44H52O12/c1-44(2)55-41-38(50-25-29-18-10-5-11-19-29)36(54-43(41)56-44)34(47)32(45)33(46)35-37(49-24-28-16-8-4-9-17-28)39(51-26-30-20-12-6-13-21-30)40(42(48-3)53-35)52-27-31-22-14-7-15-23-31/h4-23,32-43,45-47H,24-27H2,1-3H3/t32-,33-,34+,35-,36-,37-,38+,39+,40-,41-,42+,43-/m1/s1. The van der Waals surface area contributed by atoms with Gasteiger partial charge in [0.05, 0.1) is 26.4 Å². The van der Waals surface area contributed by atoms with Crippen LogP contribution in [0.3, 0.4) is 0 Å². The average molecular weight is 773 g/mol. The Hall–Kier alpha value is -3.60. The second kappa shape index (κ2) is 18.8. The highest BCUT2D eigenvalue weighted by molar-refractivity contribution is 5.17. The third kappa shape index (κ3) is 9.74. The number of aliphatic hydroxyl groups excluding tert-OH is 3. The van der Waals surface area contributed by atoms with Crippen LogP contribution in [-0.2, 0) is 69.1 Å². The molecule has 7 rings (SSSR count). The van der Waals surface area contributed by atoms with Gasteiger partial charge in [-0.3, -0.25) is 0 Å². The van der Waals surface area contributed by atoms with Crippen LogP contribution in [0.2, 0.25) is 0 Å². The number of hydrogen-bond acceptors (Lipinski definition) is 12. The van der Waals surface area contributed by atoms with Gasteiger partial charge in [-0.25, -0.2) is 0 Å². The molecule has 3 aliphatic rings. The molecular formula is C44H52O12. The SMILES string of the molecule is CO[C@H]1O[C@H]([C@H](O)[C@@H](O)[C@H](O)[C@H]2O[C@@H]3OC(C)(C)O[C@@H]3[C@H]2OCc2ccccc2)[C@@H](OCc2ccccc2)[C@H](OCc2ccccc2)[C@H]1OCc1ccccc1. The molecule has 3 aliphatic heterocycles. The maximum absolute atomic E-state index is 12.1. The molecule has 0 aromatic heterocycles. The van der Waals surface area contributed by atoms with Gasteiger partial charge in [-0.05, 0) is 36.1 Å². The van der Waals surface area contributed by atoms with Crippen LogP contribution in [0.1, 0.15) is 36.1 Å². The Labute approximate surface area is 327 Å². The Morgan fingerprint density at radius 1 is 0.518 bits per heavy atom. The summed E-state index contributed by atoms with van der Waals surface area (Å²) in [7, 11) is 1.47. The van der Waals surface area contributed by atoms with Crippen molar-refractivity contribution in [2.75, 3.05) is 7.11 Å². The van der Waals surface area contributed by atoms with Gasteiger partial charge in [0.1, 0.15) is 61.0 Å². The molecule has 3 heterocycles. The largest absolute Gasteiger partial charge is 0.387 e. The van der Waals surface area contributed by atoms with Crippen LogP contribution in [0.15, 0.2) is 121 Å². The lowest BCUT2D eigenvalue weighted by Crippen LogP contribution is -2.66. The van der Waals surface area contributed by atoms with E-state index < -0.39 is 79.4 Å². The van der Waals surface area contributed by atoms with Crippen molar-refractivity contribution in [1.29, 1.82) is 0 Å². The molecule has 3 saturated heterocycles. The van der Waals surface area contributed by atoms with E-state index in [9.17, 15) is 15.3 Å². The fourth-order valence-electron chi connectivity index (χ4n) is 7.48. The number of methoxy groups -OCH3 is 1. The topological polar surface area (TPSA) is 144 Å². The Kier molecular flexibility index (Phi) is 13.6. The van der Waals surface area contributed by atoms with Gasteiger partial charge >= 0.3 is 0 Å². The lowest BCUT2D eigenvalue weighted by molar-refractivity contribution is -0.336. The molecule has 56 heavy (non-hydrogen) atoms. The zero-order valence-electron chi connectivity index (χ0n) is 31.8. The third-order valence-corrected chi connectivity index (χ3v) is 10.3. The fourth-order valence-corrected chi connectivity index (χ4v) is 7.48. The van der Waals surface area contributed by atoms with Crippen molar-refractivity contribution in [3.05, 3.63) is 144 Å². The lowest BCUT2D eigenvalue weighted by Gasteiger charge is -2.47. The summed E-state index contributed by atoms with van der Waals surface area (Å²) < 4.78 is 56.7. The smallest absolute Gasteiger partial charge is 0.190 e. The van der Waals surface area contributed by atoms with E-state index in [0.29, 0.717) is 0 Å². The Bertz CT molecular complexity index is 1750. The first kappa shape index (κ1) is 40.6. The Balaban J connectivity index is 1.16. The van der Waals surface area contributed by atoms with Crippen molar-refractivity contribution >= 4 is 0 Å². The van der Waals surface area contributed by atoms with Crippen molar-refractivity contribution in [2.45, 2.75) is 120 Å².